The second-order valence-corrected chi connectivity index (χ2v) is 10.2. The van der Waals surface area contributed by atoms with E-state index in [-0.39, 0.29) is 18.3 Å². The number of hydrogen-bond donors (Lipinski definition) is 0. The molecule has 1 saturated heterocycles. The van der Waals surface area contributed by atoms with Gasteiger partial charge in [0.25, 0.3) is 0 Å². The molecule has 1 aliphatic rings. The summed E-state index contributed by atoms with van der Waals surface area (Å²) < 4.78 is 78.3. The molecule has 1 aromatic rings. The van der Waals surface area contributed by atoms with Crippen LogP contribution in [-0.2, 0) is 11.0 Å². The number of carbonyl (C=O) groups excluding carboxylic acids is 1. The molecule has 0 aromatic heterocycles. The van der Waals surface area contributed by atoms with E-state index in [0.717, 1.165) is 12.1 Å². The van der Waals surface area contributed by atoms with Crippen molar-refractivity contribution in [3.8, 4) is 0 Å². The Hall–Kier alpha value is -1.77. The van der Waals surface area contributed by atoms with Gasteiger partial charge in [-0.1, -0.05) is 32.9 Å². The Morgan fingerprint density at radius 3 is 2.09 bits per heavy atom. The molecule has 0 saturated carbocycles. The first-order chi connectivity index (χ1) is 15.1. The Kier molecular flexibility index (Phi) is 8.87. The summed E-state index contributed by atoms with van der Waals surface area (Å²) in [5.74, 6) is -1.73. The maximum Gasteiger partial charge on any atom is 0.416 e. The maximum absolute atomic E-state index is 13.1. The second kappa shape index (κ2) is 10.7. The molecular formula is C24H32F6NO2-. The van der Waals surface area contributed by atoms with E-state index in [0.29, 0.717) is 37.8 Å². The van der Waals surface area contributed by atoms with E-state index in [1.165, 1.54) is 12.1 Å². The number of likely N-dealkylation sites (tertiary alicyclic amines) is 1. The van der Waals surface area contributed by atoms with Gasteiger partial charge in [0.2, 0.25) is 0 Å². The van der Waals surface area contributed by atoms with Crippen molar-refractivity contribution in [2.24, 2.45) is 11.3 Å². The van der Waals surface area contributed by atoms with Gasteiger partial charge in [0.15, 0.2) is 0 Å². The number of halogens is 6. The molecule has 0 amide bonds. The van der Waals surface area contributed by atoms with E-state index in [1.807, 2.05) is 25.7 Å². The summed E-state index contributed by atoms with van der Waals surface area (Å²) in [6.07, 6.45) is -7.99. The molecule has 33 heavy (non-hydrogen) atoms. The summed E-state index contributed by atoms with van der Waals surface area (Å²) in [5.41, 5.74) is -0.450. The number of alkyl halides is 6. The molecule has 9 heteroatoms. The van der Waals surface area contributed by atoms with Gasteiger partial charge in [-0.25, -0.2) is 0 Å². The largest absolute Gasteiger partial charge is 0.550 e. The van der Waals surface area contributed by atoms with Crippen molar-refractivity contribution in [1.29, 1.82) is 0 Å². The number of carboxylic acids is 1. The predicted octanol–water partition coefficient (Wildman–Crippen LogP) is 6.14. The average molecular weight is 481 g/mol. The molecule has 0 unspecified atom stereocenters. The van der Waals surface area contributed by atoms with Crippen molar-refractivity contribution in [3.05, 3.63) is 35.4 Å². The molecule has 1 aliphatic heterocycles. The normalized spacial score (nSPS) is 21.7. The van der Waals surface area contributed by atoms with Gasteiger partial charge in [0, 0.05) is 24.5 Å². The van der Waals surface area contributed by atoms with Crippen LogP contribution in [0.5, 0.6) is 0 Å². The molecular weight excluding hydrogens is 448 g/mol. The first-order valence-electron chi connectivity index (χ1n) is 11.3. The summed E-state index contributed by atoms with van der Waals surface area (Å²) in [6.45, 7) is 6.45. The lowest BCUT2D eigenvalue weighted by atomic mass is 9.79. The first-order valence-corrected chi connectivity index (χ1v) is 11.3. The minimum absolute atomic E-state index is 0.111. The number of nitrogens with zero attached hydrogens (tertiary/aromatic N) is 1. The van der Waals surface area contributed by atoms with Gasteiger partial charge in [0.05, 0.1) is 5.56 Å². The Morgan fingerprint density at radius 1 is 1.03 bits per heavy atom. The van der Waals surface area contributed by atoms with Crippen LogP contribution in [0.2, 0.25) is 0 Å². The van der Waals surface area contributed by atoms with Crippen LogP contribution >= 0.6 is 0 Å². The molecule has 0 N–H and O–H groups in total. The van der Waals surface area contributed by atoms with Crippen molar-refractivity contribution in [2.45, 2.75) is 90.2 Å². The highest BCUT2D eigenvalue weighted by atomic mass is 19.4. The predicted molar refractivity (Wildman–Crippen MR) is 111 cm³/mol. The lowest BCUT2D eigenvalue weighted by Gasteiger charge is -2.47. The smallest absolute Gasteiger partial charge is 0.416 e. The highest BCUT2D eigenvalue weighted by molar-refractivity contribution is 5.64. The Morgan fingerprint density at radius 2 is 1.61 bits per heavy atom. The van der Waals surface area contributed by atoms with E-state index < -0.39 is 48.3 Å². The number of carbonyl (C=O) groups is 1. The molecule has 3 atom stereocenters. The van der Waals surface area contributed by atoms with Crippen LogP contribution in [0.15, 0.2) is 24.3 Å². The van der Waals surface area contributed by atoms with Crippen LogP contribution in [-0.4, -0.2) is 29.6 Å². The summed E-state index contributed by atoms with van der Waals surface area (Å²) in [5, 5.41) is 11.4. The van der Waals surface area contributed by atoms with Crippen LogP contribution in [0.4, 0.5) is 26.3 Å². The van der Waals surface area contributed by atoms with Gasteiger partial charge in [0.1, 0.15) is 0 Å². The zero-order chi connectivity index (χ0) is 25.0. The number of benzene rings is 1. The Labute approximate surface area is 191 Å². The van der Waals surface area contributed by atoms with Crippen molar-refractivity contribution in [1.82, 2.24) is 4.90 Å². The van der Waals surface area contributed by atoms with Crippen molar-refractivity contribution in [3.63, 3.8) is 0 Å². The number of hydrogen-bond acceptors (Lipinski definition) is 3. The third-order valence-electron chi connectivity index (χ3n) is 6.26. The molecule has 188 valence electrons. The summed E-state index contributed by atoms with van der Waals surface area (Å²) in [6, 6.07) is 3.47. The zero-order valence-corrected chi connectivity index (χ0v) is 19.2. The van der Waals surface area contributed by atoms with E-state index in [4.69, 9.17) is 0 Å². The molecule has 1 heterocycles. The Bertz CT molecular complexity index is 749. The first kappa shape index (κ1) is 27.5. The van der Waals surface area contributed by atoms with Gasteiger partial charge in [-0.05, 0) is 74.1 Å². The SMILES string of the molecule is CC(C)(C)CC[C@H](CCC(F)(F)F)N1CCC[C@H](CC(=O)[O-])[C@H]1c1ccc(C(F)(F)F)cc1. The average Bonchev–Trinajstić information content (AvgIpc) is 2.65. The van der Waals surface area contributed by atoms with Crippen LogP contribution in [0.25, 0.3) is 0 Å². The number of aliphatic carboxylic acids is 1. The van der Waals surface area contributed by atoms with Crippen molar-refractivity contribution >= 4 is 5.97 Å². The van der Waals surface area contributed by atoms with Crippen LogP contribution < -0.4 is 5.11 Å². The number of rotatable bonds is 8. The molecule has 0 radical (unpaired) electrons. The van der Waals surface area contributed by atoms with E-state index in [9.17, 15) is 36.2 Å². The lowest BCUT2D eigenvalue weighted by molar-refractivity contribution is -0.307. The topological polar surface area (TPSA) is 43.4 Å². The number of carboxylic acid groups (broad SMARTS) is 1. The molecule has 3 nitrogen and oxygen atoms in total. The summed E-state index contributed by atoms with van der Waals surface area (Å²) >= 11 is 0. The Balaban J connectivity index is 2.42. The fraction of sp³-hybridized carbons (Fsp3) is 0.708. The minimum Gasteiger partial charge on any atom is -0.550 e. The molecule has 1 aromatic carbocycles. The minimum atomic E-state index is -4.52. The maximum atomic E-state index is 13.1. The summed E-state index contributed by atoms with van der Waals surface area (Å²) in [4.78, 5) is 13.3. The second-order valence-electron chi connectivity index (χ2n) is 10.2. The monoisotopic (exact) mass is 480 g/mol. The van der Waals surface area contributed by atoms with Crippen molar-refractivity contribution < 1.29 is 36.2 Å². The highest BCUT2D eigenvalue weighted by Crippen LogP contribution is 2.42. The van der Waals surface area contributed by atoms with Crippen LogP contribution in [0, 0.1) is 11.3 Å². The third-order valence-corrected chi connectivity index (χ3v) is 6.26. The highest BCUT2D eigenvalue weighted by Gasteiger charge is 2.39. The molecule has 1 fully saturated rings. The molecule has 2 rings (SSSR count). The van der Waals surface area contributed by atoms with Crippen molar-refractivity contribution in [2.75, 3.05) is 6.54 Å². The van der Waals surface area contributed by atoms with Gasteiger partial charge in [-0.3, -0.25) is 4.90 Å². The quantitative estimate of drug-likeness (QED) is 0.420. The number of piperidine rings is 1. The van der Waals surface area contributed by atoms with E-state index in [2.05, 4.69) is 0 Å². The van der Waals surface area contributed by atoms with E-state index in [1.54, 1.807) is 0 Å². The molecule has 0 spiro atoms. The zero-order valence-electron chi connectivity index (χ0n) is 19.2. The van der Waals surface area contributed by atoms with Gasteiger partial charge < -0.3 is 9.90 Å². The summed E-state index contributed by atoms with van der Waals surface area (Å²) in [7, 11) is 0. The standard InChI is InChI=1S/C24H33F6NO2/c1-22(2,3)12-10-19(11-13-23(25,26)27)31-14-4-5-17(15-20(32)33)21(31)16-6-8-18(9-7-16)24(28,29)30/h6-9,17,19,21H,4-5,10-15H2,1-3H3,(H,32,33)/p-1/t17-,19-,21-/m1/s1. The van der Waals surface area contributed by atoms with Gasteiger partial charge >= 0.3 is 12.4 Å². The lowest BCUT2D eigenvalue weighted by Crippen LogP contribution is -2.47. The van der Waals surface area contributed by atoms with Gasteiger partial charge in [-0.2, -0.15) is 26.3 Å². The van der Waals surface area contributed by atoms with E-state index >= 15 is 0 Å². The van der Waals surface area contributed by atoms with Crippen LogP contribution in [0.1, 0.15) is 82.9 Å². The third kappa shape index (κ3) is 8.83. The fourth-order valence-corrected chi connectivity index (χ4v) is 4.68. The fourth-order valence-electron chi connectivity index (χ4n) is 4.68. The molecule has 0 bridgehead atoms. The van der Waals surface area contributed by atoms with Gasteiger partial charge in [-0.15, -0.1) is 0 Å². The van der Waals surface area contributed by atoms with Crippen LogP contribution in [0.3, 0.4) is 0 Å². The molecule has 0 aliphatic carbocycles.